The first kappa shape index (κ1) is 18.7. The van der Waals surface area contributed by atoms with Crippen molar-refractivity contribution in [2.24, 2.45) is 0 Å². The molecule has 0 saturated carbocycles. The minimum atomic E-state index is -0.0707. The number of aliphatic hydroxyl groups excluding tert-OH is 1. The van der Waals surface area contributed by atoms with Crippen LogP contribution in [-0.2, 0) is 13.0 Å². The number of allylic oxidation sites excluding steroid dienone is 1. The number of benzene rings is 2. The number of anilines is 3. The summed E-state index contributed by atoms with van der Waals surface area (Å²) >= 11 is 0. The molecular formula is C25H25N3O2. The van der Waals surface area contributed by atoms with Crippen LogP contribution in [0.3, 0.4) is 0 Å². The fourth-order valence-electron chi connectivity index (χ4n) is 4.24. The molecule has 152 valence electrons. The maximum atomic E-state index is 9.28. The highest BCUT2D eigenvalue weighted by molar-refractivity contribution is 5.74. The van der Waals surface area contributed by atoms with Gasteiger partial charge in [-0.25, -0.2) is 0 Å². The summed E-state index contributed by atoms with van der Waals surface area (Å²) in [5.74, 6) is 0.906. The third-order valence-electron chi connectivity index (χ3n) is 5.77. The van der Waals surface area contributed by atoms with E-state index in [1.165, 1.54) is 16.7 Å². The van der Waals surface area contributed by atoms with E-state index in [0.29, 0.717) is 12.3 Å². The fraction of sp³-hybridized carbons (Fsp3) is 0.240. The molecule has 0 unspecified atom stereocenters. The van der Waals surface area contributed by atoms with E-state index < -0.39 is 0 Å². The summed E-state index contributed by atoms with van der Waals surface area (Å²) in [5, 5.41) is 12.7. The van der Waals surface area contributed by atoms with Gasteiger partial charge in [-0.15, -0.1) is 0 Å². The lowest BCUT2D eigenvalue weighted by molar-refractivity contribution is 0.277. The number of aliphatic hydroxyl groups is 1. The van der Waals surface area contributed by atoms with E-state index in [1.807, 2.05) is 18.2 Å². The van der Waals surface area contributed by atoms with Crippen LogP contribution in [0.15, 0.2) is 66.9 Å². The van der Waals surface area contributed by atoms with Crippen LogP contribution in [0, 0.1) is 0 Å². The lowest BCUT2D eigenvalue weighted by atomic mass is 10.0. The Morgan fingerprint density at radius 1 is 1.07 bits per heavy atom. The molecule has 3 aromatic rings. The molecular weight excluding hydrogens is 374 g/mol. The molecule has 0 atom stereocenters. The standard InChI is InChI=1S/C25H25N3O2/c29-17-22-15-21(9-11-26-22)27-20-7-8-24-25(16-20)30-14-13-28(24)12-10-19-6-5-18-3-1-2-4-23(18)19/h1-4,6-9,11,15-16,29H,5,10,12-14,17H2,(H,26,27). The third-order valence-corrected chi connectivity index (χ3v) is 5.77. The molecule has 30 heavy (non-hydrogen) atoms. The molecule has 2 N–H and O–H groups in total. The topological polar surface area (TPSA) is 57.6 Å². The van der Waals surface area contributed by atoms with Crippen molar-refractivity contribution in [3.05, 3.63) is 83.7 Å². The van der Waals surface area contributed by atoms with Gasteiger partial charge in [-0.3, -0.25) is 4.98 Å². The molecule has 0 saturated heterocycles. The molecule has 0 spiro atoms. The highest BCUT2D eigenvalue weighted by Crippen LogP contribution is 2.36. The zero-order valence-corrected chi connectivity index (χ0v) is 16.8. The monoisotopic (exact) mass is 399 g/mol. The molecule has 1 aliphatic heterocycles. The number of fused-ring (bicyclic) bond motifs is 2. The average Bonchev–Trinajstić information content (AvgIpc) is 3.21. The summed E-state index contributed by atoms with van der Waals surface area (Å²) in [4.78, 5) is 6.54. The van der Waals surface area contributed by atoms with Gasteiger partial charge in [0, 0.05) is 30.2 Å². The number of rotatable bonds is 6. The minimum Gasteiger partial charge on any atom is -0.489 e. The minimum absolute atomic E-state index is 0.0707. The lowest BCUT2D eigenvalue weighted by Gasteiger charge is -2.32. The van der Waals surface area contributed by atoms with Gasteiger partial charge in [-0.05, 0) is 53.8 Å². The van der Waals surface area contributed by atoms with Gasteiger partial charge in [0.05, 0.1) is 24.5 Å². The Morgan fingerprint density at radius 2 is 1.97 bits per heavy atom. The SMILES string of the molecule is OCc1cc(Nc2ccc3c(c2)OCCN3CCC2=CCc3ccccc32)ccn1. The van der Waals surface area contributed by atoms with E-state index in [2.05, 4.69) is 57.7 Å². The highest BCUT2D eigenvalue weighted by Gasteiger charge is 2.20. The van der Waals surface area contributed by atoms with Crippen LogP contribution < -0.4 is 15.0 Å². The van der Waals surface area contributed by atoms with Crippen LogP contribution in [0.1, 0.15) is 23.2 Å². The maximum absolute atomic E-state index is 9.28. The van der Waals surface area contributed by atoms with Crippen LogP contribution >= 0.6 is 0 Å². The van der Waals surface area contributed by atoms with Crippen molar-refractivity contribution in [1.29, 1.82) is 0 Å². The van der Waals surface area contributed by atoms with Crippen molar-refractivity contribution in [2.75, 3.05) is 29.9 Å². The Hall–Kier alpha value is -3.31. The normalized spacial score (nSPS) is 14.6. The first-order valence-corrected chi connectivity index (χ1v) is 10.4. The number of hydrogen-bond donors (Lipinski definition) is 2. The quantitative estimate of drug-likeness (QED) is 0.637. The van der Waals surface area contributed by atoms with Crippen LogP contribution in [0.25, 0.3) is 5.57 Å². The predicted molar refractivity (Wildman–Crippen MR) is 120 cm³/mol. The Bertz CT molecular complexity index is 1090. The molecule has 2 aromatic carbocycles. The van der Waals surface area contributed by atoms with E-state index in [1.54, 1.807) is 6.20 Å². The van der Waals surface area contributed by atoms with Crippen LogP contribution in [0.2, 0.25) is 0 Å². The number of aromatic nitrogens is 1. The second kappa shape index (κ2) is 8.20. The number of nitrogens with zero attached hydrogens (tertiary/aromatic N) is 2. The largest absolute Gasteiger partial charge is 0.489 e. The molecule has 1 aliphatic carbocycles. The summed E-state index contributed by atoms with van der Waals surface area (Å²) in [7, 11) is 0. The van der Waals surface area contributed by atoms with Gasteiger partial charge in [-0.1, -0.05) is 30.3 Å². The first-order valence-electron chi connectivity index (χ1n) is 10.4. The lowest BCUT2D eigenvalue weighted by Crippen LogP contribution is -2.33. The molecule has 1 aromatic heterocycles. The van der Waals surface area contributed by atoms with Crippen molar-refractivity contribution in [3.63, 3.8) is 0 Å². The van der Waals surface area contributed by atoms with E-state index in [0.717, 1.165) is 48.7 Å². The third kappa shape index (κ3) is 3.76. The molecule has 5 heteroatoms. The van der Waals surface area contributed by atoms with Crippen molar-refractivity contribution in [1.82, 2.24) is 4.98 Å². The predicted octanol–water partition coefficient (Wildman–Crippen LogP) is 4.55. The second-order valence-electron chi connectivity index (χ2n) is 7.68. The molecule has 0 fully saturated rings. The Labute approximate surface area is 176 Å². The van der Waals surface area contributed by atoms with Gasteiger partial charge in [0.15, 0.2) is 0 Å². The maximum Gasteiger partial charge on any atom is 0.144 e. The molecule has 0 amide bonds. The van der Waals surface area contributed by atoms with Gasteiger partial charge in [-0.2, -0.15) is 0 Å². The molecule has 5 nitrogen and oxygen atoms in total. The zero-order valence-electron chi connectivity index (χ0n) is 16.8. The van der Waals surface area contributed by atoms with E-state index >= 15 is 0 Å². The summed E-state index contributed by atoms with van der Waals surface area (Å²) in [6, 6.07) is 18.7. The highest BCUT2D eigenvalue weighted by atomic mass is 16.5. The Balaban J connectivity index is 1.29. The summed E-state index contributed by atoms with van der Waals surface area (Å²) in [6.07, 6.45) is 6.15. The first-order chi connectivity index (χ1) is 14.8. The van der Waals surface area contributed by atoms with Gasteiger partial charge >= 0.3 is 0 Å². The summed E-state index contributed by atoms with van der Waals surface area (Å²) in [5.41, 5.74) is 7.93. The second-order valence-corrected chi connectivity index (χ2v) is 7.68. The molecule has 0 radical (unpaired) electrons. The number of pyridine rings is 1. The molecule has 0 bridgehead atoms. The number of ether oxygens (including phenoxy) is 1. The average molecular weight is 399 g/mol. The van der Waals surface area contributed by atoms with Crippen molar-refractivity contribution in [3.8, 4) is 5.75 Å². The van der Waals surface area contributed by atoms with Crippen molar-refractivity contribution in [2.45, 2.75) is 19.4 Å². The molecule has 2 heterocycles. The summed E-state index contributed by atoms with van der Waals surface area (Å²) < 4.78 is 5.96. The molecule has 2 aliphatic rings. The fourth-order valence-corrected chi connectivity index (χ4v) is 4.24. The Morgan fingerprint density at radius 3 is 2.90 bits per heavy atom. The zero-order chi connectivity index (χ0) is 20.3. The number of hydrogen-bond acceptors (Lipinski definition) is 5. The van der Waals surface area contributed by atoms with Gasteiger partial charge in [0.25, 0.3) is 0 Å². The van der Waals surface area contributed by atoms with Crippen LogP contribution in [0.5, 0.6) is 5.75 Å². The van der Waals surface area contributed by atoms with Crippen LogP contribution in [0.4, 0.5) is 17.1 Å². The van der Waals surface area contributed by atoms with Gasteiger partial charge in [0.1, 0.15) is 12.4 Å². The van der Waals surface area contributed by atoms with Crippen LogP contribution in [-0.4, -0.2) is 29.8 Å². The van der Waals surface area contributed by atoms with Gasteiger partial charge < -0.3 is 20.1 Å². The van der Waals surface area contributed by atoms with E-state index in [9.17, 15) is 5.11 Å². The van der Waals surface area contributed by atoms with Crippen molar-refractivity contribution >= 4 is 22.6 Å². The van der Waals surface area contributed by atoms with Crippen molar-refractivity contribution < 1.29 is 9.84 Å². The smallest absolute Gasteiger partial charge is 0.144 e. The van der Waals surface area contributed by atoms with E-state index in [-0.39, 0.29) is 6.61 Å². The van der Waals surface area contributed by atoms with Gasteiger partial charge in [0.2, 0.25) is 0 Å². The molecule has 5 rings (SSSR count). The summed E-state index contributed by atoms with van der Waals surface area (Å²) in [6.45, 7) is 2.50. The number of nitrogens with one attached hydrogen (secondary N) is 1. The Kier molecular flexibility index (Phi) is 5.11. The van der Waals surface area contributed by atoms with E-state index in [4.69, 9.17) is 4.74 Å².